The van der Waals surface area contributed by atoms with Crippen LogP contribution in [0.2, 0.25) is 0 Å². The highest BCUT2D eigenvalue weighted by Gasteiger charge is 2.28. The molecule has 148 valence electrons. The molecule has 6 nitrogen and oxygen atoms in total. The van der Waals surface area contributed by atoms with Crippen LogP contribution >= 0.6 is 0 Å². The maximum absolute atomic E-state index is 12.5. The van der Waals surface area contributed by atoms with E-state index in [0.29, 0.717) is 18.8 Å². The fourth-order valence-corrected chi connectivity index (χ4v) is 3.10. The minimum absolute atomic E-state index is 0.0765. The Bertz CT molecular complexity index is 694. The molecular weight excluding hydrogens is 344 g/mol. The number of nitrogens with one attached hydrogen (secondary N) is 1. The van der Waals surface area contributed by atoms with Gasteiger partial charge in [0.05, 0.1) is 13.5 Å². The average Bonchev–Trinajstić information content (AvgIpc) is 2.60. The number of benzene rings is 1. The molecular formula is C21H30N2O4. The Morgan fingerprint density at radius 3 is 2.74 bits per heavy atom. The van der Waals surface area contributed by atoms with Crippen molar-refractivity contribution in [2.45, 2.75) is 51.7 Å². The first-order valence-corrected chi connectivity index (χ1v) is 9.28. The molecule has 0 radical (unpaired) electrons. The van der Waals surface area contributed by atoms with Gasteiger partial charge in [-0.05, 0) is 51.3 Å². The lowest BCUT2D eigenvalue weighted by atomic mass is 10.0. The fraction of sp³-hybridized carbons (Fsp3) is 0.524. The summed E-state index contributed by atoms with van der Waals surface area (Å²) in [6.45, 7) is 10.4. The predicted octanol–water partition coefficient (Wildman–Crippen LogP) is 3.40. The number of nitrogens with zero attached hydrogens (tertiary/aromatic N) is 1. The van der Waals surface area contributed by atoms with Crippen molar-refractivity contribution in [3.8, 4) is 5.75 Å². The van der Waals surface area contributed by atoms with Crippen molar-refractivity contribution in [3.63, 3.8) is 0 Å². The highest BCUT2D eigenvalue weighted by Crippen LogP contribution is 2.21. The quantitative estimate of drug-likeness (QED) is 0.858. The zero-order chi connectivity index (χ0) is 20.0. The van der Waals surface area contributed by atoms with Crippen LogP contribution in [0.1, 0.15) is 44.7 Å². The van der Waals surface area contributed by atoms with Crippen molar-refractivity contribution in [1.29, 1.82) is 0 Å². The second-order valence-corrected chi connectivity index (χ2v) is 7.79. The van der Waals surface area contributed by atoms with Crippen LogP contribution in [0.3, 0.4) is 0 Å². The van der Waals surface area contributed by atoms with Crippen LogP contribution in [0.15, 0.2) is 24.8 Å². The monoisotopic (exact) mass is 374 g/mol. The van der Waals surface area contributed by atoms with Crippen molar-refractivity contribution in [3.05, 3.63) is 35.9 Å². The summed E-state index contributed by atoms with van der Waals surface area (Å²) in [5.41, 5.74) is 1.22. The second-order valence-electron chi connectivity index (χ2n) is 7.79. The molecule has 0 aliphatic carbocycles. The molecule has 6 heteroatoms. The third-order valence-electron chi connectivity index (χ3n) is 4.33. The van der Waals surface area contributed by atoms with Gasteiger partial charge in [-0.1, -0.05) is 18.7 Å². The van der Waals surface area contributed by atoms with Gasteiger partial charge < -0.3 is 19.7 Å². The maximum atomic E-state index is 12.5. The normalized spacial score (nSPS) is 17.2. The summed E-state index contributed by atoms with van der Waals surface area (Å²) in [6, 6.07) is 5.56. The molecule has 27 heavy (non-hydrogen) atoms. The van der Waals surface area contributed by atoms with Gasteiger partial charge in [0.25, 0.3) is 0 Å². The van der Waals surface area contributed by atoms with E-state index in [1.807, 2.05) is 39.0 Å². The Hall–Kier alpha value is -2.50. The molecule has 0 saturated carbocycles. The Morgan fingerprint density at radius 2 is 2.11 bits per heavy atom. The topological polar surface area (TPSA) is 67.9 Å². The van der Waals surface area contributed by atoms with Crippen molar-refractivity contribution < 1.29 is 19.1 Å². The Morgan fingerprint density at radius 1 is 1.37 bits per heavy atom. The number of carbonyl (C=O) groups excluding carboxylic acids is 2. The number of methoxy groups -OCH3 is 1. The van der Waals surface area contributed by atoms with Gasteiger partial charge in [0.2, 0.25) is 5.91 Å². The first-order chi connectivity index (χ1) is 12.7. The molecule has 1 aromatic rings. The molecule has 1 saturated heterocycles. The van der Waals surface area contributed by atoms with Crippen molar-refractivity contribution in [2.75, 3.05) is 20.2 Å². The van der Waals surface area contributed by atoms with E-state index in [1.165, 1.54) is 0 Å². The predicted molar refractivity (Wildman–Crippen MR) is 106 cm³/mol. The summed E-state index contributed by atoms with van der Waals surface area (Å²) >= 11 is 0. The third kappa shape index (κ3) is 6.31. The van der Waals surface area contributed by atoms with Crippen LogP contribution in [-0.4, -0.2) is 48.7 Å². The summed E-state index contributed by atoms with van der Waals surface area (Å²) in [5.74, 6) is 0.584. The van der Waals surface area contributed by atoms with E-state index < -0.39 is 5.60 Å². The number of hydrogen-bond acceptors (Lipinski definition) is 4. The van der Waals surface area contributed by atoms with Crippen LogP contribution in [0.25, 0.3) is 6.08 Å². The van der Waals surface area contributed by atoms with Gasteiger partial charge in [-0.25, -0.2) is 4.79 Å². The van der Waals surface area contributed by atoms with Gasteiger partial charge in [-0.2, -0.15) is 0 Å². The van der Waals surface area contributed by atoms with Gasteiger partial charge in [0.15, 0.2) is 0 Å². The first kappa shape index (κ1) is 20.8. The Kier molecular flexibility index (Phi) is 6.88. The lowest BCUT2D eigenvalue weighted by Gasteiger charge is -2.34. The van der Waals surface area contributed by atoms with E-state index >= 15 is 0 Å². The van der Waals surface area contributed by atoms with Crippen LogP contribution < -0.4 is 10.1 Å². The summed E-state index contributed by atoms with van der Waals surface area (Å²) < 4.78 is 10.8. The molecule has 1 fully saturated rings. The van der Waals surface area contributed by atoms with Gasteiger partial charge >= 0.3 is 6.09 Å². The van der Waals surface area contributed by atoms with Gasteiger partial charge in [0, 0.05) is 24.7 Å². The number of rotatable bonds is 5. The highest BCUT2D eigenvalue weighted by atomic mass is 16.6. The lowest BCUT2D eigenvalue weighted by molar-refractivity contribution is -0.121. The van der Waals surface area contributed by atoms with Crippen molar-refractivity contribution >= 4 is 18.1 Å². The van der Waals surface area contributed by atoms with E-state index in [-0.39, 0.29) is 24.5 Å². The number of piperidine rings is 1. The van der Waals surface area contributed by atoms with E-state index in [2.05, 4.69) is 11.9 Å². The fourth-order valence-electron chi connectivity index (χ4n) is 3.10. The molecule has 1 aromatic carbocycles. The zero-order valence-electron chi connectivity index (χ0n) is 16.7. The number of hydrogen-bond donors (Lipinski definition) is 1. The minimum atomic E-state index is -0.528. The van der Waals surface area contributed by atoms with Crippen LogP contribution in [0, 0.1) is 0 Å². The first-order valence-electron chi connectivity index (χ1n) is 9.28. The standard InChI is InChI=1S/C21H30N2O4/c1-6-15-9-10-18(26-5)16(12-15)13-19(24)22-17-8-7-11-23(14-17)20(25)27-21(2,3)4/h6,9-10,12,17H,1,7-8,11,13-14H2,2-5H3,(H,22,24)/t17-/m1/s1. The van der Waals surface area contributed by atoms with Crippen LogP contribution in [0.5, 0.6) is 5.75 Å². The summed E-state index contributed by atoms with van der Waals surface area (Å²) in [7, 11) is 1.59. The number of amides is 2. The van der Waals surface area contributed by atoms with E-state index in [0.717, 1.165) is 24.0 Å². The molecule has 0 unspecified atom stereocenters. The summed E-state index contributed by atoms with van der Waals surface area (Å²) in [6.07, 6.45) is 3.30. The summed E-state index contributed by atoms with van der Waals surface area (Å²) in [5, 5.41) is 3.03. The Labute approximate surface area is 161 Å². The molecule has 1 heterocycles. The Balaban J connectivity index is 1.95. The zero-order valence-corrected chi connectivity index (χ0v) is 16.7. The van der Waals surface area contributed by atoms with Gasteiger partial charge in [-0.3, -0.25) is 4.79 Å². The second kappa shape index (κ2) is 8.93. The molecule has 1 N–H and O–H groups in total. The minimum Gasteiger partial charge on any atom is -0.496 e. The van der Waals surface area contributed by atoms with E-state index in [9.17, 15) is 9.59 Å². The summed E-state index contributed by atoms with van der Waals surface area (Å²) in [4.78, 5) is 26.4. The van der Waals surface area contributed by atoms with Gasteiger partial charge in [0.1, 0.15) is 11.4 Å². The van der Waals surface area contributed by atoms with E-state index in [1.54, 1.807) is 18.1 Å². The van der Waals surface area contributed by atoms with E-state index in [4.69, 9.17) is 9.47 Å². The van der Waals surface area contributed by atoms with Gasteiger partial charge in [-0.15, -0.1) is 0 Å². The molecule has 0 bridgehead atoms. The number of likely N-dealkylation sites (tertiary alicyclic amines) is 1. The largest absolute Gasteiger partial charge is 0.496 e. The van der Waals surface area contributed by atoms with Crippen LogP contribution in [-0.2, 0) is 16.0 Å². The smallest absolute Gasteiger partial charge is 0.410 e. The molecule has 2 amide bonds. The molecule has 1 atom stereocenters. The highest BCUT2D eigenvalue weighted by molar-refractivity contribution is 5.80. The number of ether oxygens (including phenoxy) is 2. The van der Waals surface area contributed by atoms with Crippen molar-refractivity contribution in [2.24, 2.45) is 0 Å². The molecule has 1 aliphatic heterocycles. The molecule has 2 rings (SSSR count). The average molecular weight is 374 g/mol. The third-order valence-corrected chi connectivity index (χ3v) is 4.33. The maximum Gasteiger partial charge on any atom is 0.410 e. The molecule has 0 aromatic heterocycles. The number of carbonyl (C=O) groups is 2. The van der Waals surface area contributed by atoms with Crippen molar-refractivity contribution in [1.82, 2.24) is 10.2 Å². The molecule has 0 spiro atoms. The molecule has 1 aliphatic rings. The SMILES string of the molecule is C=Cc1ccc(OC)c(CC(=O)N[C@@H]2CCCN(C(=O)OC(C)(C)C)C2)c1. The van der Waals surface area contributed by atoms with Crippen LogP contribution in [0.4, 0.5) is 4.79 Å². The lowest BCUT2D eigenvalue weighted by Crippen LogP contribution is -2.51.